The fourth-order valence-electron chi connectivity index (χ4n) is 0.657. The van der Waals surface area contributed by atoms with Gasteiger partial charge in [-0.2, -0.15) is 0 Å². The Morgan fingerprint density at radius 1 is 1.50 bits per heavy atom. The molecule has 0 spiro atoms. The highest BCUT2D eigenvalue weighted by Gasteiger charge is 1.94. The summed E-state index contributed by atoms with van der Waals surface area (Å²) in [7, 11) is 0. The van der Waals surface area contributed by atoms with E-state index in [4.69, 9.17) is 5.11 Å². The summed E-state index contributed by atoms with van der Waals surface area (Å²) >= 11 is 0. The first kappa shape index (κ1) is 9.30. The average molecular weight is 143 g/mol. The molecule has 0 saturated heterocycles. The smallest absolute Gasteiger partial charge is 0.135 e. The van der Waals surface area contributed by atoms with Gasteiger partial charge in [0.1, 0.15) is 5.78 Å². The zero-order valence-corrected chi connectivity index (χ0v) is 6.42. The van der Waals surface area contributed by atoms with E-state index in [1.54, 1.807) is 6.92 Å². The van der Waals surface area contributed by atoms with E-state index in [9.17, 15) is 4.79 Å². The number of aliphatic hydroxyl groups is 1. The molecule has 0 atom stereocenters. The van der Waals surface area contributed by atoms with Crippen LogP contribution in [0.1, 0.15) is 20.3 Å². The molecule has 0 aliphatic rings. The number of aliphatic hydroxyl groups excluding tert-OH is 1. The lowest BCUT2D eigenvalue weighted by atomic mass is 10.2. The summed E-state index contributed by atoms with van der Waals surface area (Å²) in [5, 5.41) is 8.36. The van der Waals surface area contributed by atoms with Crippen LogP contribution in [-0.4, -0.2) is 29.8 Å². The number of carbonyl (C=O) groups is 1. The van der Waals surface area contributed by atoms with E-state index in [-0.39, 0.29) is 12.4 Å². The van der Waals surface area contributed by atoms with Crippen molar-refractivity contribution in [1.82, 2.24) is 0 Å². The lowest BCUT2D eigenvalue weighted by molar-refractivity contribution is -0.115. The van der Waals surface area contributed by atoms with Crippen LogP contribution in [0.2, 0.25) is 0 Å². The van der Waals surface area contributed by atoms with E-state index in [1.165, 1.54) is 6.92 Å². The second-order valence-electron chi connectivity index (χ2n) is 2.22. The summed E-state index contributed by atoms with van der Waals surface area (Å²) in [6.07, 6.45) is 0.403. The van der Waals surface area contributed by atoms with Crippen LogP contribution in [0, 0.1) is 0 Å². The van der Waals surface area contributed by atoms with Crippen LogP contribution in [0.15, 0.2) is 4.99 Å². The predicted octanol–water partition coefficient (Wildman–Crippen LogP) is 0.419. The summed E-state index contributed by atoms with van der Waals surface area (Å²) in [6, 6.07) is 0. The molecule has 0 aliphatic heterocycles. The molecule has 3 heteroatoms. The van der Waals surface area contributed by atoms with Gasteiger partial charge in [0.15, 0.2) is 0 Å². The third kappa shape index (κ3) is 5.44. The van der Waals surface area contributed by atoms with Gasteiger partial charge in [0.2, 0.25) is 0 Å². The number of Topliss-reactive ketones (excluding diaryl/α,β-unsaturated/α-hetero) is 1. The van der Waals surface area contributed by atoms with Gasteiger partial charge in [-0.1, -0.05) is 0 Å². The SMILES string of the molecule is CC(=O)CC(C)=NCCO. The highest BCUT2D eigenvalue weighted by atomic mass is 16.3. The van der Waals surface area contributed by atoms with Crippen LogP contribution in [-0.2, 0) is 4.79 Å². The molecule has 0 bridgehead atoms. The molecule has 0 aromatic heterocycles. The summed E-state index contributed by atoms with van der Waals surface area (Å²) < 4.78 is 0. The summed E-state index contributed by atoms with van der Waals surface area (Å²) in [5.74, 6) is 0.110. The molecule has 0 aliphatic carbocycles. The molecule has 0 aromatic rings. The first-order valence-electron chi connectivity index (χ1n) is 3.27. The second kappa shape index (κ2) is 5.11. The molecule has 0 saturated carbocycles. The maximum atomic E-state index is 10.5. The molecule has 1 N–H and O–H groups in total. The van der Waals surface area contributed by atoms with E-state index < -0.39 is 0 Å². The topological polar surface area (TPSA) is 49.7 Å². The predicted molar refractivity (Wildman–Crippen MR) is 40.4 cm³/mol. The number of carbonyl (C=O) groups excluding carboxylic acids is 1. The van der Waals surface area contributed by atoms with Gasteiger partial charge in [0, 0.05) is 12.1 Å². The highest BCUT2D eigenvalue weighted by Crippen LogP contribution is 1.87. The minimum Gasteiger partial charge on any atom is -0.394 e. The number of hydrogen-bond acceptors (Lipinski definition) is 3. The van der Waals surface area contributed by atoms with Crippen molar-refractivity contribution < 1.29 is 9.90 Å². The molecule has 10 heavy (non-hydrogen) atoms. The van der Waals surface area contributed by atoms with Crippen molar-refractivity contribution in [2.75, 3.05) is 13.2 Å². The number of aliphatic imine (C=N–C) groups is 1. The third-order valence-corrected chi connectivity index (χ3v) is 0.986. The Morgan fingerprint density at radius 2 is 2.10 bits per heavy atom. The van der Waals surface area contributed by atoms with Gasteiger partial charge in [-0.3, -0.25) is 9.79 Å². The van der Waals surface area contributed by atoms with Crippen LogP contribution >= 0.6 is 0 Å². The zero-order valence-electron chi connectivity index (χ0n) is 6.42. The van der Waals surface area contributed by atoms with Gasteiger partial charge in [-0.25, -0.2) is 0 Å². The standard InChI is InChI=1S/C7H13NO2/c1-6(5-7(2)10)8-3-4-9/h9H,3-5H2,1-2H3. The van der Waals surface area contributed by atoms with Crippen molar-refractivity contribution in [1.29, 1.82) is 0 Å². The first-order chi connectivity index (χ1) is 4.66. The van der Waals surface area contributed by atoms with Gasteiger partial charge in [0.05, 0.1) is 13.2 Å². The van der Waals surface area contributed by atoms with Crippen LogP contribution < -0.4 is 0 Å². The molecule has 3 nitrogen and oxygen atoms in total. The molecule has 58 valence electrons. The minimum atomic E-state index is 0.0508. The van der Waals surface area contributed by atoms with Gasteiger partial charge in [-0.05, 0) is 13.8 Å². The fourth-order valence-corrected chi connectivity index (χ4v) is 0.657. The Labute approximate surface area is 60.8 Å². The average Bonchev–Trinajstić information content (AvgIpc) is 1.82. The van der Waals surface area contributed by atoms with E-state index >= 15 is 0 Å². The molecule has 0 heterocycles. The number of rotatable bonds is 4. The summed E-state index contributed by atoms with van der Waals surface area (Å²) in [6.45, 7) is 3.77. The molecule has 0 rings (SSSR count). The van der Waals surface area contributed by atoms with Crippen molar-refractivity contribution in [3.05, 3.63) is 0 Å². The summed E-state index contributed by atoms with van der Waals surface area (Å²) in [5.41, 5.74) is 0.793. The second-order valence-corrected chi connectivity index (χ2v) is 2.22. The van der Waals surface area contributed by atoms with Crippen molar-refractivity contribution in [2.45, 2.75) is 20.3 Å². The van der Waals surface area contributed by atoms with Crippen molar-refractivity contribution in [3.63, 3.8) is 0 Å². The van der Waals surface area contributed by atoms with Crippen molar-refractivity contribution in [2.24, 2.45) is 4.99 Å². The lowest BCUT2D eigenvalue weighted by Crippen LogP contribution is -2.01. The largest absolute Gasteiger partial charge is 0.394 e. The Morgan fingerprint density at radius 3 is 2.50 bits per heavy atom. The number of ketones is 1. The maximum absolute atomic E-state index is 10.5. The van der Waals surface area contributed by atoms with Crippen LogP contribution in [0.5, 0.6) is 0 Å². The van der Waals surface area contributed by atoms with Crippen LogP contribution in [0.25, 0.3) is 0 Å². The monoisotopic (exact) mass is 143 g/mol. The Balaban J connectivity index is 3.59. The van der Waals surface area contributed by atoms with E-state index in [2.05, 4.69) is 4.99 Å². The molecule has 0 radical (unpaired) electrons. The Kier molecular flexibility index (Phi) is 4.76. The zero-order chi connectivity index (χ0) is 7.98. The van der Waals surface area contributed by atoms with Gasteiger partial charge in [0.25, 0.3) is 0 Å². The van der Waals surface area contributed by atoms with Gasteiger partial charge in [-0.15, -0.1) is 0 Å². The quantitative estimate of drug-likeness (QED) is 0.580. The van der Waals surface area contributed by atoms with Gasteiger partial charge >= 0.3 is 0 Å². The van der Waals surface area contributed by atoms with Gasteiger partial charge < -0.3 is 5.11 Å². The normalized spacial score (nSPS) is 11.7. The molecular formula is C7H13NO2. The molecule has 0 fully saturated rings. The molecule has 0 unspecified atom stereocenters. The van der Waals surface area contributed by atoms with Crippen LogP contribution in [0.3, 0.4) is 0 Å². The number of nitrogens with zero attached hydrogens (tertiary/aromatic N) is 1. The maximum Gasteiger partial charge on any atom is 0.135 e. The highest BCUT2D eigenvalue weighted by molar-refractivity contribution is 5.99. The van der Waals surface area contributed by atoms with E-state index in [0.717, 1.165) is 5.71 Å². The fraction of sp³-hybridized carbons (Fsp3) is 0.714. The minimum absolute atomic E-state index is 0.0508. The first-order valence-corrected chi connectivity index (χ1v) is 3.27. The van der Waals surface area contributed by atoms with E-state index in [0.29, 0.717) is 13.0 Å². The van der Waals surface area contributed by atoms with Crippen molar-refractivity contribution >= 4 is 11.5 Å². The van der Waals surface area contributed by atoms with Crippen molar-refractivity contribution in [3.8, 4) is 0 Å². The van der Waals surface area contributed by atoms with E-state index in [1.807, 2.05) is 0 Å². The lowest BCUT2D eigenvalue weighted by Gasteiger charge is -1.94. The summed E-state index contributed by atoms with van der Waals surface area (Å²) in [4.78, 5) is 14.4. The van der Waals surface area contributed by atoms with Crippen LogP contribution in [0.4, 0.5) is 0 Å². The Bertz CT molecular complexity index is 141. The molecular weight excluding hydrogens is 130 g/mol. The third-order valence-electron chi connectivity index (χ3n) is 0.986. The Hall–Kier alpha value is -0.700. The number of hydrogen-bond donors (Lipinski definition) is 1. The molecule has 0 aromatic carbocycles. The molecule has 0 amide bonds.